The molecule has 7 aromatic carbocycles. The van der Waals surface area contributed by atoms with Gasteiger partial charge in [0.2, 0.25) is 0 Å². The van der Waals surface area contributed by atoms with Gasteiger partial charge in [-0.2, -0.15) is 6.07 Å². The van der Waals surface area contributed by atoms with E-state index in [9.17, 15) is 0 Å². The van der Waals surface area contributed by atoms with E-state index < -0.39 is 0 Å². The summed E-state index contributed by atoms with van der Waals surface area (Å²) in [6.07, 6.45) is 1.83. The third-order valence-electron chi connectivity index (χ3n) is 13.3. The van der Waals surface area contributed by atoms with Crippen LogP contribution >= 0.6 is 0 Å². The van der Waals surface area contributed by atoms with Gasteiger partial charge in [0, 0.05) is 34.3 Å². The first-order chi connectivity index (χ1) is 31.6. The molecule has 328 valence electrons. The molecule has 66 heavy (non-hydrogen) atoms. The quantitative estimate of drug-likeness (QED) is 0.0823. The number of rotatable bonds is 9. The van der Waals surface area contributed by atoms with Crippen LogP contribution in [0, 0.1) is 12.1 Å². The molecule has 4 aromatic heterocycles. The monoisotopic (exact) mass is 950 g/mol. The third-order valence-corrected chi connectivity index (χ3v) is 13.3. The summed E-state index contributed by atoms with van der Waals surface area (Å²) in [5, 5.41) is 5.36. The molecule has 0 aliphatic rings. The molecule has 4 heterocycles. The molecule has 0 spiro atoms. The molecular formula is C60H52N4OPd. The summed E-state index contributed by atoms with van der Waals surface area (Å²) < 4.78 is 11.3. The van der Waals surface area contributed by atoms with Crippen molar-refractivity contribution in [3.05, 3.63) is 180 Å². The van der Waals surface area contributed by atoms with Gasteiger partial charge in [-0.25, -0.2) is 4.98 Å². The maximum absolute atomic E-state index is 6.79. The fourth-order valence-corrected chi connectivity index (χ4v) is 10.3. The Kier molecular flexibility index (Phi) is 11.2. The Morgan fingerprint density at radius 3 is 1.76 bits per heavy atom. The van der Waals surface area contributed by atoms with E-state index >= 15 is 0 Å². The molecule has 6 heteroatoms. The molecule has 0 saturated carbocycles. The Bertz CT molecular complexity index is 3600. The molecule has 0 aliphatic carbocycles. The zero-order valence-electron chi connectivity index (χ0n) is 38.7. The number of nitrogens with zero attached hydrogens (tertiary/aromatic N) is 4. The van der Waals surface area contributed by atoms with E-state index in [0.717, 1.165) is 66.0 Å². The third kappa shape index (κ3) is 7.02. The summed E-state index contributed by atoms with van der Waals surface area (Å²) in [6, 6.07) is 57.5. The number of hydrogen-bond donors (Lipinski definition) is 0. The van der Waals surface area contributed by atoms with Crippen molar-refractivity contribution in [3.8, 4) is 39.6 Å². The summed E-state index contributed by atoms with van der Waals surface area (Å²) in [6.45, 7) is 18.5. The van der Waals surface area contributed by atoms with Crippen LogP contribution in [0.1, 0.15) is 101 Å². The first-order valence-corrected chi connectivity index (χ1v) is 23.1. The SMILES string of the molecule is CC(C)c1cccc(C(C)C)c1-c1cc(-c2c(C(C)C)cccc2C(C)C)c2c(c1)c1ccc(Oc3[c-]c4c(cc3)c3ccccc3n4-c3ccccn3)[c-]c1c1nc3ccccc3n12.[Pd+2]. The van der Waals surface area contributed by atoms with Gasteiger partial charge in [-0.3, -0.25) is 4.98 Å². The Labute approximate surface area is 400 Å². The maximum Gasteiger partial charge on any atom is 2.00 e. The predicted molar refractivity (Wildman–Crippen MR) is 271 cm³/mol. The van der Waals surface area contributed by atoms with Crippen molar-refractivity contribution >= 4 is 60.2 Å². The Morgan fingerprint density at radius 1 is 0.515 bits per heavy atom. The standard InChI is InChI=1S/C60H52N4O.Pd/c1-35(2)42-18-15-19-43(36(3)4)57(42)39-31-49-46-28-26-40(65-41-27-29-48-47-17-9-11-23-53(47)63(55(48)34-41)56-25-13-14-30-61-56)33-50(46)60-62-52-22-10-12-24-54(52)64(60)59(49)51(32-39)58-44(37(5)6)20-16-21-45(58)38(7)8;/h9-32,35-38H,1-8H3;/q-2;+2. The van der Waals surface area contributed by atoms with Crippen molar-refractivity contribution in [1.29, 1.82) is 0 Å². The molecular weight excluding hydrogens is 899 g/mol. The topological polar surface area (TPSA) is 44.3 Å². The fourth-order valence-electron chi connectivity index (χ4n) is 10.3. The number of pyridine rings is 2. The van der Waals surface area contributed by atoms with E-state index in [1.54, 1.807) is 0 Å². The maximum atomic E-state index is 6.79. The molecule has 0 radical (unpaired) electrons. The minimum absolute atomic E-state index is 0. The molecule has 0 atom stereocenters. The Morgan fingerprint density at radius 2 is 1.11 bits per heavy atom. The number of imidazole rings is 1. The van der Waals surface area contributed by atoms with Gasteiger partial charge < -0.3 is 13.7 Å². The average Bonchev–Trinajstić information content (AvgIpc) is 3.87. The van der Waals surface area contributed by atoms with Crippen molar-refractivity contribution < 1.29 is 25.2 Å². The minimum Gasteiger partial charge on any atom is -0.503 e. The van der Waals surface area contributed by atoms with Crippen molar-refractivity contribution in [1.82, 2.24) is 18.9 Å². The van der Waals surface area contributed by atoms with E-state index in [-0.39, 0.29) is 20.4 Å². The molecule has 0 aliphatic heterocycles. The normalized spacial score (nSPS) is 12.1. The van der Waals surface area contributed by atoms with Gasteiger partial charge in [-0.15, -0.1) is 29.7 Å². The van der Waals surface area contributed by atoms with E-state index in [2.05, 4.69) is 192 Å². The van der Waals surface area contributed by atoms with Crippen LogP contribution in [-0.4, -0.2) is 18.9 Å². The van der Waals surface area contributed by atoms with Gasteiger partial charge in [-0.1, -0.05) is 157 Å². The summed E-state index contributed by atoms with van der Waals surface area (Å²) in [7, 11) is 0. The van der Waals surface area contributed by atoms with Gasteiger partial charge in [-0.05, 0) is 110 Å². The van der Waals surface area contributed by atoms with Crippen LogP contribution in [0.3, 0.4) is 0 Å². The number of para-hydroxylation sites is 3. The zero-order chi connectivity index (χ0) is 44.7. The molecule has 0 N–H and O–H groups in total. The van der Waals surface area contributed by atoms with E-state index in [4.69, 9.17) is 14.7 Å². The predicted octanol–water partition coefficient (Wildman–Crippen LogP) is 16.5. The zero-order valence-corrected chi connectivity index (χ0v) is 40.2. The molecule has 0 fully saturated rings. The van der Waals surface area contributed by atoms with Crippen molar-refractivity contribution in [2.24, 2.45) is 0 Å². The summed E-state index contributed by atoms with van der Waals surface area (Å²) in [5.74, 6) is 3.31. The second-order valence-corrected chi connectivity index (χ2v) is 18.8. The molecule has 11 rings (SSSR count). The summed E-state index contributed by atoms with van der Waals surface area (Å²) in [4.78, 5) is 10.1. The molecule has 0 saturated heterocycles. The van der Waals surface area contributed by atoms with Crippen LogP contribution in [-0.2, 0) is 20.4 Å². The van der Waals surface area contributed by atoms with E-state index in [1.165, 1.54) is 44.5 Å². The van der Waals surface area contributed by atoms with Crippen LogP contribution in [0.5, 0.6) is 11.5 Å². The summed E-state index contributed by atoms with van der Waals surface area (Å²) in [5.41, 5.74) is 16.5. The van der Waals surface area contributed by atoms with Crippen molar-refractivity contribution in [3.63, 3.8) is 0 Å². The van der Waals surface area contributed by atoms with Gasteiger partial charge in [0.1, 0.15) is 5.82 Å². The van der Waals surface area contributed by atoms with Crippen LogP contribution in [0.15, 0.2) is 146 Å². The molecule has 11 aromatic rings. The minimum atomic E-state index is 0. The van der Waals surface area contributed by atoms with Crippen LogP contribution in [0.2, 0.25) is 0 Å². The second kappa shape index (κ2) is 17.0. The van der Waals surface area contributed by atoms with Crippen molar-refractivity contribution in [2.45, 2.75) is 79.1 Å². The number of hydrogen-bond acceptors (Lipinski definition) is 3. The molecule has 0 amide bonds. The van der Waals surface area contributed by atoms with Gasteiger partial charge in [0.15, 0.2) is 0 Å². The summed E-state index contributed by atoms with van der Waals surface area (Å²) >= 11 is 0. The number of aromatic nitrogens is 4. The first kappa shape index (κ1) is 43.3. The second-order valence-electron chi connectivity index (χ2n) is 18.8. The van der Waals surface area contributed by atoms with E-state index in [0.29, 0.717) is 35.2 Å². The fraction of sp³-hybridized carbons (Fsp3) is 0.200. The number of ether oxygens (including phenoxy) is 1. The molecule has 0 unspecified atom stereocenters. The van der Waals surface area contributed by atoms with Gasteiger partial charge in [0.25, 0.3) is 0 Å². The number of benzene rings is 7. The van der Waals surface area contributed by atoms with E-state index in [1.807, 2.05) is 30.5 Å². The molecule has 5 nitrogen and oxygen atoms in total. The Balaban J connectivity index is 0.00000511. The largest absolute Gasteiger partial charge is 2.00 e. The first-order valence-electron chi connectivity index (χ1n) is 23.1. The average molecular weight is 952 g/mol. The van der Waals surface area contributed by atoms with Gasteiger partial charge >= 0.3 is 20.4 Å². The molecule has 0 bridgehead atoms. The Hall–Kier alpha value is -6.58. The van der Waals surface area contributed by atoms with Gasteiger partial charge in [0.05, 0.1) is 16.7 Å². The van der Waals surface area contributed by atoms with Crippen LogP contribution in [0.25, 0.3) is 88.2 Å². The smallest absolute Gasteiger partial charge is 0.503 e. The van der Waals surface area contributed by atoms with Crippen LogP contribution < -0.4 is 4.74 Å². The van der Waals surface area contributed by atoms with Crippen LogP contribution in [0.4, 0.5) is 0 Å². The number of fused-ring (bicyclic) bond motifs is 11. The van der Waals surface area contributed by atoms with Crippen molar-refractivity contribution in [2.75, 3.05) is 0 Å².